The van der Waals surface area contributed by atoms with E-state index in [1.807, 2.05) is 0 Å². The van der Waals surface area contributed by atoms with E-state index < -0.39 is 12.1 Å². The minimum absolute atomic E-state index is 0.105. The second kappa shape index (κ2) is 7.40. The third kappa shape index (κ3) is 3.54. The second-order valence-electron chi connectivity index (χ2n) is 5.52. The highest BCUT2D eigenvalue weighted by Crippen LogP contribution is 2.36. The molecule has 0 aromatic heterocycles. The van der Waals surface area contributed by atoms with Crippen molar-refractivity contribution in [1.29, 1.82) is 0 Å². The van der Waals surface area contributed by atoms with Crippen LogP contribution in [0, 0.1) is 0 Å². The van der Waals surface area contributed by atoms with Crippen LogP contribution in [0.2, 0.25) is 10.0 Å². The molecule has 0 N–H and O–H groups in total. The first kappa shape index (κ1) is 18.3. The van der Waals surface area contributed by atoms with Crippen molar-refractivity contribution in [3.63, 3.8) is 0 Å². The summed E-state index contributed by atoms with van der Waals surface area (Å²) in [6.07, 6.45) is 0.719. The summed E-state index contributed by atoms with van der Waals surface area (Å²) in [4.78, 5) is 24.0. The Morgan fingerprint density at radius 1 is 1.19 bits per heavy atom. The third-order valence-electron chi connectivity index (χ3n) is 3.76. The molecule has 7 heteroatoms. The van der Waals surface area contributed by atoms with Gasteiger partial charge in [-0.05, 0) is 37.3 Å². The zero-order valence-electron chi connectivity index (χ0n) is 13.9. The van der Waals surface area contributed by atoms with Crippen LogP contribution < -0.4 is 9.47 Å². The van der Waals surface area contributed by atoms with Crippen molar-refractivity contribution < 1.29 is 23.8 Å². The Hall–Kier alpha value is -2.50. The maximum atomic E-state index is 12.5. The second-order valence-corrected chi connectivity index (χ2v) is 6.33. The largest absolute Gasteiger partial charge is 0.479 e. The van der Waals surface area contributed by atoms with Crippen LogP contribution in [0.4, 0.5) is 0 Å². The maximum Gasteiger partial charge on any atom is 0.346 e. The van der Waals surface area contributed by atoms with Crippen LogP contribution >= 0.6 is 23.2 Å². The molecular weight excluding hydrogens is 379 g/mol. The Balaban J connectivity index is 1.87. The fourth-order valence-corrected chi connectivity index (χ4v) is 2.94. The van der Waals surface area contributed by atoms with Crippen LogP contribution in [-0.2, 0) is 9.53 Å². The lowest BCUT2D eigenvalue weighted by molar-refractivity contribution is -0.147. The molecule has 5 nitrogen and oxygen atoms in total. The molecule has 0 saturated heterocycles. The molecule has 3 rings (SSSR count). The average molecular weight is 393 g/mol. The van der Waals surface area contributed by atoms with E-state index in [-0.39, 0.29) is 11.5 Å². The summed E-state index contributed by atoms with van der Waals surface area (Å²) in [7, 11) is 1.28. The standard InChI is InChI=1S/C19H14Cl2O5/c1-10(19(23)24-2)25-11-6-7-12-16(8-11)26-17(18(12)22)9-13-14(20)4-3-5-15(13)21/h3-10H,1-2H3/t10-/m1/s1. The van der Waals surface area contributed by atoms with Crippen molar-refractivity contribution in [3.8, 4) is 11.5 Å². The highest BCUT2D eigenvalue weighted by molar-refractivity contribution is 6.37. The lowest BCUT2D eigenvalue weighted by Gasteiger charge is -2.12. The zero-order valence-corrected chi connectivity index (χ0v) is 15.4. The molecule has 0 amide bonds. The number of hydrogen-bond acceptors (Lipinski definition) is 5. The van der Waals surface area contributed by atoms with Gasteiger partial charge in [0.05, 0.1) is 12.7 Å². The van der Waals surface area contributed by atoms with Gasteiger partial charge in [0.1, 0.15) is 11.5 Å². The number of carbonyl (C=O) groups is 2. The molecule has 134 valence electrons. The van der Waals surface area contributed by atoms with E-state index in [9.17, 15) is 9.59 Å². The number of methoxy groups -OCH3 is 1. The predicted octanol–water partition coefficient (Wildman–Crippen LogP) is 4.55. The van der Waals surface area contributed by atoms with Gasteiger partial charge in [0.2, 0.25) is 5.78 Å². The van der Waals surface area contributed by atoms with Crippen molar-refractivity contribution in [1.82, 2.24) is 0 Å². The van der Waals surface area contributed by atoms with Crippen molar-refractivity contribution in [2.75, 3.05) is 7.11 Å². The van der Waals surface area contributed by atoms with Gasteiger partial charge < -0.3 is 14.2 Å². The summed E-state index contributed by atoms with van der Waals surface area (Å²) < 4.78 is 15.7. The average Bonchev–Trinajstić information content (AvgIpc) is 2.92. The highest BCUT2D eigenvalue weighted by atomic mass is 35.5. The smallest absolute Gasteiger partial charge is 0.346 e. The van der Waals surface area contributed by atoms with Gasteiger partial charge in [-0.15, -0.1) is 0 Å². The SMILES string of the molecule is COC(=O)[C@@H](C)Oc1ccc2c(c1)OC(=Cc1c(Cl)cccc1Cl)C2=O. The summed E-state index contributed by atoms with van der Waals surface area (Å²) in [6, 6.07) is 9.77. The number of Topliss-reactive ketones (excluding diaryl/α,β-unsaturated/α-hetero) is 1. The molecule has 0 radical (unpaired) electrons. The minimum atomic E-state index is -0.785. The molecule has 2 aromatic carbocycles. The summed E-state index contributed by atoms with van der Waals surface area (Å²) in [5.74, 6) is 0.0265. The third-order valence-corrected chi connectivity index (χ3v) is 4.42. The molecule has 0 spiro atoms. The number of esters is 1. The number of ether oxygens (including phenoxy) is 3. The number of fused-ring (bicyclic) bond motifs is 1. The molecule has 1 aliphatic heterocycles. The summed E-state index contributed by atoms with van der Waals surface area (Å²) in [5, 5.41) is 0.821. The van der Waals surface area contributed by atoms with Gasteiger partial charge in [0, 0.05) is 21.7 Å². The summed E-state index contributed by atoms with van der Waals surface area (Å²) in [5.41, 5.74) is 0.889. The monoisotopic (exact) mass is 392 g/mol. The lowest BCUT2D eigenvalue weighted by Crippen LogP contribution is -2.24. The van der Waals surface area contributed by atoms with Gasteiger partial charge in [-0.1, -0.05) is 29.3 Å². The number of benzene rings is 2. The lowest BCUT2D eigenvalue weighted by atomic mass is 10.1. The molecule has 1 aliphatic rings. The van der Waals surface area contributed by atoms with Crippen molar-refractivity contribution >= 4 is 41.0 Å². The van der Waals surface area contributed by atoms with Gasteiger partial charge in [-0.2, -0.15) is 0 Å². The fraction of sp³-hybridized carbons (Fsp3) is 0.158. The van der Waals surface area contributed by atoms with Crippen molar-refractivity contribution in [2.24, 2.45) is 0 Å². The van der Waals surface area contributed by atoms with Crippen LogP contribution in [0.5, 0.6) is 11.5 Å². The molecular formula is C19H14Cl2O5. The van der Waals surface area contributed by atoms with Crippen LogP contribution in [0.1, 0.15) is 22.8 Å². The van der Waals surface area contributed by atoms with Gasteiger partial charge >= 0.3 is 5.97 Å². The number of allylic oxidation sites excluding steroid dienone is 1. The molecule has 1 heterocycles. The molecule has 0 saturated carbocycles. The van der Waals surface area contributed by atoms with Crippen LogP contribution in [0.3, 0.4) is 0 Å². The van der Waals surface area contributed by atoms with Crippen LogP contribution in [0.15, 0.2) is 42.2 Å². The fourth-order valence-electron chi connectivity index (χ4n) is 2.44. The number of carbonyl (C=O) groups excluding carboxylic acids is 2. The number of ketones is 1. The van der Waals surface area contributed by atoms with E-state index in [4.69, 9.17) is 32.7 Å². The van der Waals surface area contributed by atoms with Gasteiger partial charge in [0.15, 0.2) is 11.9 Å². The van der Waals surface area contributed by atoms with Crippen LogP contribution in [0.25, 0.3) is 6.08 Å². The first-order valence-corrected chi connectivity index (χ1v) is 8.43. The predicted molar refractivity (Wildman–Crippen MR) is 97.9 cm³/mol. The van der Waals surface area contributed by atoms with E-state index in [0.29, 0.717) is 32.7 Å². The van der Waals surface area contributed by atoms with Gasteiger partial charge in [0.25, 0.3) is 0 Å². The van der Waals surface area contributed by atoms with E-state index in [2.05, 4.69) is 4.74 Å². The van der Waals surface area contributed by atoms with Gasteiger partial charge in [-0.3, -0.25) is 4.79 Å². The molecule has 0 bridgehead atoms. The van der Waals surface area contributed by atoms with E-state index in [0.717, 1.165) is 0 Å². The Labute approximate surface area is 160 Å². The maximum absolute atomic E-state index is 12.5. The number of rotatable bonds is 4. The zero-order chi connectivity index (χ0) is 18.8. The Morgan fingerprint density at radius 3 is 2.54 bits per heavy atom. The first-order valence-electron chi connectivity index (χ1n) is 7.67. The Kier molecular flexibility index (Phi) is 5.20. The van der Waals surface area contributed by atoms with E-state index in [1.165, 1.54) is 13.2 Å². The minimum Gasteiger partial charge on any atom is -0.479 e. The molecule has 0 unspecified atom stereocenters. The molecule has 2 aromatic rings. The Bertz CT molecular complexity index is 900. The first-order chi connectivity index (χ1) is 12.4. The summed E-state index contributed by atoms with van der Waals surface area (Å²) >= 11 is 12.3. The highest BCUT2D eigenvalue weighted by Gasteiger charge is 2.28. The quantitative estimate of drug-likeness (QED) is 0.564. The number of hydrogen-bond donors (Lipinski definition) is 0. The number of halogens is 2. The summed E-state index contributed by atoms with van der Waals surface area (Å²) in [6.45, 7) is 1.57. The topological polar surface area (TPSA) is 61.8 Å². The Morgan fingerprint density at radius 2 is 1.88 bits per heavy atom. The molecule has 0 aliphatic carbocycles. The van der Waals surface area contributed by atoms with Crippen molar-refractivity contribution in [2.45, 2.75) is 13.0 Å². The van der Waals surface area contributed by atoms with Crippen LogP contribution in [-0.4, -0.2) is 25.0 Å². The van der Waals surface area contributed by atoms with E-state index in [1.54, 1.807) is 43.3 Å². The molecule has 0 fully saturated rings. The van der Waals surface area contributed by atoms with Gasteiger partial charge in [-0.25, -0.2) is 4.79 Å². The molecule has 26 heavy (non-hydrogen) atoms. The van der Waals surface area contributed by atoms with Crippen molar-refractivity contribution in [3.05, 3.63) is 63.3 Å². The van der Waals surface area contributed by atoms with E-state index >= 15 is 0 Å². The normalized spacial score (nSPS) is 15.4. The molecule has 1 atom stereocenters.